The van der Waals surface area contributed by atoms with Gasteiger partial charge in [0.05, 0.1) is 18.6 Å². The van der Waals surface area contributed by atoms with Crippen LogP contribution in [0.3, 0.4) is 0 Å². The molecule has 0 saturated carbocycles. The second-order valence-corrected chi connectivity index (χ2v) is 7.35. The summed E-state index contributed by atoms with van der Waals surface area (Å²) in [5, 5.41) is 3.64. The van der Waals surface area contributed by atoms with Crippen molar-refractivity contribution in [2.24, 2.45) is 0 Å². The third-order valence-corrected chi connectivity index (χ3v) is 5.00. The normalized spacial score (nSPS) is 10.6. The second kappa shape index (κ2) is 10.0. The molecule has 140 valence electrons. The maximum atomic E-state index is 12.3. The Labute approximate surface area is 167 Å². The minimum absolute atomic E-state index is 0.0397. The number of rotatable bonds is 9. The number of imidazole rings is 1. The Hall–Kier alpha value is -2.44. The number of carbonyl (C=O) groups is 1. The first-order valence-electron chi connectivity index (χ1n) is 8.56. The summed E-state index contributed by atoms with van der Waals surface area (Å²) in [6.45, 7) is 1.19. The minimum atomic E-state index is -0.0397. The molecule has 7 heteroatoms. The molecule has 0 unspecified atom stereocenters. The van der Waals surface area contributed by atoms with Gasteiger partial charge in [-0.15, -0.1) is 11.8 Å². The molecule has 1 aromatic heterocycles. The maximum Gasteiger partial charge on any atom is 0.225 e. The van der Waals surface area contributed by atoms with Crippen LogP contribution in [0.25, 0.3) is 0 Å². The number of amides is 1. The molecular formula is C20H20ClN3O2S. The van der Waals surface area contributed by atoms with Crippen molar-refractivity contribution in [3.63, 3.8) is 0 Å². The molecule has 0 aliphatic rings. The summed E-state index contributed by atoms with van der Waals surface area (Å²) in [7, 11) is 0. The summed E-state index contributed by atoms with van der Waals surface area (Å²) in [5.41, 5.74) is 0.685. The van der Waals surface area contributed by atoms with Crippen molar-refractivity contribution in [2.75, 3.05) is 17.7 Å². The van der Waals surface area contributed by atoms with Gasteiger partial charge in [-0.05, 0) is 36.4 Å². The van der Waals surface area contributed by atoms with E-state index < -0.39 is 0 Å². The zero-order chi connectivity index (χ0) is 18.9. The Morgan fingerprint density at radius 1 is 1.19 bits per heavy atom. The molecule has 0 aliphatic carbocycles. The van der Waals surface area contributed by atoms with E-state index in [0.717, 1.165) is 4.90 Å². The number of anilines is 1. The molecule has 0 aliphatic heterocycles. The number of halogens is 1. The molecule has 0 saturated heterocycles. The van der Waals surface area contributed by atoms with Crippen LogP contribution in [0.1, 0.15) is 6.42 Å². The van der Waals surface area contributed by atoms with Crippen molar-refractivity contribution in [2.45, 2.75) is 17.9 Å². The SMILES string of the molecule is O=C(CCSc1ccc(Cl)cc1)Nc1ccccc1OCCn1ccnc1. The van der Waals surface area contributed by atoms with Crippen LogP contribution in [0, 0.1) is 0 Å². The van der Waals surface area contributed by atoms with E-state index in [-0.39, 0.29) is 5.91 Å². The van der Waals surface area contributed by atoms with Gasteiger partial charge < -0.3 is 14.6 Å². The number of benzene rings is 2. The lowest BCUT2D eigenvalue weighted by Gasteiger charge is -2.12. The Kier molecular flexibility index (Phi) is 7.19. The lowest BCUT2D eigenvalue weighted by atomic mass is 10.3. The third kappa shape index (κ3) is 6.34. The summed E-state index contributed by atoms with van der Waals surface area (Å²) >= 11 is 7.50. The molecule has 0 fully saturated rings. The van der Waals surface area contributed by atoms with E-state index in [1.165, 1.54) is 0 Å². The highest BCUT2D eigenvalue weighted by atomic mass is 35.5. The van der Waals surface area contributed by atoms with Crippen molar-refractivity contribution < 1.29 is 9.53 Å². The van der Waals surface area contributed by atoms with Crippen LogP contribution in [-0.4, -0.2) is 27.8 Å². The van der Waals surface area contributed by atoms with Crippen molar-refractivity contribution in [1.29, 1.82) is 0 Å². The number of ether oxygens (including phenoxy) is 1. The molecule has 5 nitrogen and oxygen atoms in total. The fraction of sp³-hybridized carbons (Fsp3) is 0.200. The second-order valence-electron chi connectivity index (χ2n) is 5.75. The van der Waals surface area contributed by atoms with Crippen molar-refractivity contribution in [1.82, 2.24) is 9.55 Å². The first-order chi connectivity index (χ1) is 13.2. The summed E-state index contributed by atoms with van der Waals surface area (Å²) < 4.78 is 7.75. The molecule has 3 aromatic rings. The van der Waals surface area contributed by atoms with E-state index in [4.69, 9.17) is 16.3 Å². The van der Waals surface area contributed by atoms with Crippen molar-refractivity contribution in [3.8, 4) is 5.75 Å². The molecule has 27 heavy (non-hydrogen) atoms. The first-order valence-corrected chi connectivity index (χ1v) is 9.93. The van der Waals surface area contributed by atoms with Crippen molar-refractivity contribution >= 4 is 35.0 Å². The quantitative estimate of drug-likeness (QED) is 0.526. The fourth-order valence-corrected chi connectivity index (χ4v) is 3.36. The number of hydrogen-bond donors (Lipinski definition) is 1. The third-order valence-electron chi connectivity index (χ3n) is 3.74. The summed E-state index contributed by atoms with van der Waals surface area (Å²) in [5.74, 6) is 1.32. The number of thioether (sulfide) groups is 1. The number of carbonyl (C=O) groups excluding carboxylic acids is 1. The summed E-state index contributed by atoms with van der Waals surface area (Å²) in [6, 6.07) is 15.1. The number of aromatic nitrogens is 2. The Morgan fingerprint density at radius 3 is 2.78 bits per heavy atom. The van der Waals surface area contributed by atoms with Gasteiger partial charge in [0.1, 0.15) is 12.4 Å². The monoisotopic (exact) mass is 401 g/mol. The number of hydrogen-bond acceptors (Lipinski definition) is 4. The standard InChI is InChI=1S/C20H20ClN3O2S/c21-16-5-7-17(8-6-16)27-14-9-20(25)23-18-3-1-2-4-19(18)26-13-12-24-11-10-22-15-24/h1-8,10-11,15H,9,12-14H2,(H,23,25). The van der Waals surface area contributed by atoms with E-state index >= 15 is 0 Å². The van der Waals surface area contributed by atoms with E-state index in [9.17, 15) is 4.79 Å². The molecule has 1 heterocycles. The van der Waals surface area contributed by atoms with Gasteiger partial charge in [-0.25, -0.2) is 4.98 Å². The summed E-state index contributed by atoms with van der Waals surface area (Å²) in [4.78, 5) is 17.4. The van der Waals surface area contributed by atoms with Crippen LogP contribution >= 0.6 is 23.4 Å². The average molecular weight is 402 g/mol. The Morgan fingerprint density at radius 2 is 2.00 bits per heavy atom. The van der Waals surface area contributed by atoms with Gasteiger partial charge in [-0.3, -0.25) is 4.79 Å². The van der Waals surface area contributed by atoms with Crippen LogP contribution in [0.5, 0.6) is 5.75 Å². The van der Waals surface area contributed by atoms with Gasteiger partial charge in [-0.2, -0.15) is 0 Å². The predicted molar refractivity (Wildman–Crippen MR) is 110 cm³/mol. The molecule has 0 atom stereocenters. The van der Waals surface area contributed by atoms with E-state index in [1.54, 1.807) is 24.3 Å². The lowest BCUT2D eigenvalue weighted by Crippen LogP contribution is -2.14. The molecule has 2 aromatic carbocycles. The van der Waals surface area contributed by atoms with Gasteiger partial charge in [-0.1, -0.05) is 23.7 Å². The smallest absolute Gasteiger partial charge is 0.225 e. The largest absolute Gasteiger partial charge is 0.490 e. The van der Waals surface area contributed by atoms with Gasteiger partial charge in [0.15, 0.2) is 0 Å². The highest BCUT2D eigenvalue weighted by molar-refractivity contribution is 7.99. The topological polar surface area (TPSA) is 56.1 Å². The van der Waals surface area contributed by atoms with Crippen LogP contribution in [0.15, 0.2) is 72.1 Å². The van der Waals surface area contributed by atoms with Crippen LogP contribution in [0.2, 0.25) is 5.02 Å². The molecule has 1 amide bonds. The number of nitrogens with zero attached hydrogens (tertiary/aromatic N) is 2. The minimum Gasteiger partial charge on any atom is -0.490 e. The Balaban J connectivity index is 1.46. The molecule has 0 spiro atoms. The van der Waals surface area contributed by atoms with Crippen molar-refractivity contribution in [3.05, 3.63) is 72.3 Å². The van der Waals surface area contributed by atoms with E-state index in [0.29, 0.717) is 41.8 Å². The predicted octanol–water partition coefficient (Wildman–Crippen LogP) is 4.74. The highest BCUT2D eigenvalue weighted by Gasteiger charge is 2.08. The van der Waals surface area contributed by atoms with E-state index in [1.807, 2.05) is 59.3 Å². The highest BCUT2D eigenvalue weighted by Crippen LogP contribution is 2.25. The fourth-order valence-electron chi connectivity index (χ4n) is 2.38. The van der Waals surface area contributed by atoms with Crippen LogP contribution in [-0.2, 0) is 11.3 Å². The van der Waals surface area contributed by atoms with E-state index in [2.05, 4.69) is 10.3 Å². The zero-order valence-electron chi connectivity index (χ0n) is 14.7. The molecule has 3 rings (SSSR count). The molecular weight excluding hydrogens is 382 g/mol. The molecule has 1 N–H and O–H groups in total. The summed E-state index contributed by atoms with van der Waals surface area (Å²) in [6.07, 6.45) is 5.78. The van der Waals surface area contributed by atoms with Crippen LogP contribution < -0.4 is 10.1 Å². The van der Waals surface area contributed by atoms with Gasteiger partial charge in [0.25, 0.3) is 0 Å². The van der Waals surface area contributed by atoms with Crippen LogP contribution in [0.4, 0.5) is 5.69 Å². The number of para-hydroxylation sites is 2. The average Bonchev–Trinajstić information content (AvgIpc) is 3.18. The van der Waals surface area contributed by atoms with Gasteiger partial charge >= 0.3 is 0 Å². The van der Waals surface area contributed by atoms with Gasteiger partial charge in [0.2, 0.25) is 5.91 Å². The lowest BCUT2D eigenvalue weighted by molar-refractivity contribution is -0.115. The molecule has 0 bridgehead atoms. The Bertz CT molecular complexity index is 854. The first kappa shape index (κ1) is 19.3. The number of nitrogens with one attached hydrogen (secondary N) is 1. The zero-order valence-corrected chi connectivity index (χ0v) is 16.2. The molecule has 0 radical (unpaired) electrons. The van der Waals surface area contributed by atoms with Gasteiger partial charge in [0, 0.05) is 34.5 Å². The maximum absolute atomic E-state index is 12.3.